The number of hydrogen-bond donors (Lipinski definition) is 2. The lowest BCUT2D eigenvalue weighted by molar-refractivity contribution is 0.0730. The maximum Gasteiger partial charge on any atom is 0.273 e. The van der Waals surface area contributed by atoms with Crippen LogP contribution in [0, 0.1) is 0 Å². The Labute approximate surface area is 177 Å². The summed E-state index contributed by atoms with van der Waals surface area (Å²) in [4.78, 5) is 19.2. The third-order valence-corrected chi connectivity index (χ3v) is 5.56. The highest BCUT2D eigenvalue weighted by atomic mass is 35.5. The molecule has 0 bridgehead atoms. The lowest BCUT2D eigenvalue weighted by Crippen LogP contribution is -2.29. The molecular weight excluding hydrogens is 400 g/mol. The number of aromatic nitrogens is 3. The van der Waals surface area contributed by atoms with Gasteiger partial charge in [-0.3, -0.25) is 14.9 Å². The molecule has 148 valence electrons. The van der Waals surface area contributed by atoms with E-state index in [1.165, 1.54) is 0 Å². The molecule has 2 aromatic heterocycles. The van der Waals surface area contributed by atoms with Gasteiger partial charge in [0, 0.05) is 35.1 Å². The topological polar surface area (TPSA) is 82.1 Å². The molecule has 0 saturated heterocycles. The van der Waals surface area contributed by atoms with Gasteiger partial charge in [0.2, 0.25) is 0 Å². The molecular formula is C23H17ClN4O2. The summed E-state index contributed by atoms with van der Waals surface area (Å²) < 4.78 is 0. The molecule has 30 heavy (non-hydrogen) atoms. The number of phenols is 1. The third-order valence-electron chi connectivity index (χ3n) is 5.31. The molecule has 5 rings (SSSR count). The molecule has 2 N–H and O–H groups in total. The summed E-state index contributed by atoms with van der Waals surface area (Å²) in [5, 5.41) is 18.3. The summed E-state index contributed by atoms with van der Waals surface area (Å²) in [6.45, 7) is 0.414. The Balaban J connectivity index is 1.67. The maximum absolute atomic E-state index is 13.3. The molecule has 4 aromatic rings. The van der Waals surface area contributed by atoms with E-state index in [9.17, 15) is 9.90 Å². The van der Waals surface area contributed by atoms with Crippen LogP contribution < -0.4 is 0 Å². The van der Waals surface area contributed by atoms with Crippen molar-refractivity contribution in [2.24, 2.45) is 0 Å². The Morgan fingerprint density at radius 3 is 2.50 bits per heavy atom. The van der Waals surface area contributed by atoms with Gasteiger partial charge in [0.1, 0.15) is 17.1 Å². The van der Waals surface area contributed by atoms with E-state index in [0.29, 0.717) is 28.5 Å². The number of nitrogens with one attached hydrogen (secondary N) is 1. The number of H-pyrrole nitrogens is 1. The molecule has 1 aliphatic heterocycles. The Bertz CT molecular complexity index is 1220. The third kappa shape index (κ3) is 3.02. The fourth-order valence-corrected chi connectivity index (χ4v) is 4.04. The summed E-state index contributed by atoms with van der Waals surface area (Å²) in [5.74, 6) is -0.0300. The Morgan fingerprint density at radius 2 is 1.77 bits per heavy atom. The van der Waals surface area contributed by atoms with E-state index in [2.05, 4.69) is 15.2 Å². The minimum Gasteiger partial charge on any atom is -0.507 e. The predicted octanol–water partition coefficient (Wildman–Crippen LogP) is 4.58. The van der Waals surface area contributed by atoms with Crippen LogP contribution in [0.4, 0.5) is 0 Å². The van der Waals surface area contributed by atoms with Crippen LogP contribution in [0.25, 0.3) is 11.3 Å². The van der Waals surface area contributed by atoms with Crippen LogP contribution in [0.1, 0.15) is 33.2 Å². The summed E-state index contributed by atoms with van der Waals surface area (Å²) in [6.07, 6.45) is 3.42. The second-order valence-corrected chi connectivity index (χ2v) is 7.56. The number of carbonyl (C=O) groups is 1. The molecule has 6 nitrogen and oxygen atoms in total. The molecule has 1 amide bonds. The minimum atomic E-state index is -0.369. The molecule has 0 radical (unpaired) electrons. The maximum atomic E-state index is 13.3. The van der Waals surface area contributed by atoms with Gasteiger partial charge in [-0.25, -0.2) is 0 Å². The van der Waals surface area contributed by atoms with Crippen molar-refractivity contribution in [1.82, 2.24) is 20.1 Å². The number of carbonyl (C=O) groups excluding carboxylic acids is 1. The number of pyridine rings is 1. The molecule has 7 heteroatoms. The molecule has 1 atom stereocenters. The lowest BCUT2D eigenvalue weighted by Gasteiger charge is -2.26. The summed E-state index contributed by atoms with van der Waals surface area (Å²) in [6, 6.07) is 17.8. The van der Waals surface area contributed by atoms with E-state index in [-0.39, 0.29) is 17.7 Å². The highest BCUT2D eigenvalue weighted by Gasteiger charge is 2.42. The minimum absolute atomic E-state index is 0.113. The molecule has 0 aliphatic carbocycles. The molecule has 0 saturated carbocycles. The first-order valence-electron chi connectivity index (χ1n) is 9.45. The number of benzene rings is 2. The number of hydrogen-bond acceptors (Lipinski definition) is 4. The summed E-state index contributed by atoms with van der Waals surface area (Å²) in [5.41, 5.74) is 4.21. The van der Waals surface area contributed by atoms with Crippen molar-refractivity contribution in [3.63, 3.8) is 0 Å². The molecule has 0 fully saturated rings. The van der Waals surface area contributed by atoms with Crippen molar-refractivity contribution in [1.29, 1.82) is 0 Å². The van der Waals surface area contributed by atoms with Gasteiger partial charge in [-0.05, 0) is 47.5 Å². The van der Waals surface area contributed by atoms with Crippen LogP contribution >= 0.6 is 11.6 Å². The number of aromatic amines is 1. The van der Waals surface area contributed by atoms with E-state index >= 15 is 0 Å². The number of rotatable bonds is 4. The second-order valence-electron chi connectivity index (χ2n) is 7.12. The van der Waals surface area contributed by atoms with Gasteiger partial charge in [-0.1, -0.05) is 35.9 Å². The number of fused-ring (bicyclic) bond motifs is 1. The van der Waals surface area contributed by atoms with Gasteiger partial charge in [-0.2, -0.15) is 5.10 Å². The van der Waals surface area contributed by atoms with E-state index in [4.69, 9.17) is 11.6 Å². The van der Waals surface area contributed by atoms with Crippen LogP contribution in [0.5, 0.6) is 5.75 Å². The van der Waals surface area contributed by atoms with Crippen molar-refractivity contribution >= 4 is 17.5 Å². The Hall–Kier alpha value is -3.64. The standard InChI is InChI=1S/C23H17ClN4O2/c24-16-7-5-15(6-8-16)22-19-20(17-3-1-2-4-18(17)29)26-27-21(19)23(30)28(22)13-14-9-11-25-12-10-14/h1-12,22,29H,13H2,(H,26,27)/t22-/m0/s1. The van der Waals surface area contributed by atoms with Crippen LogP contribution in [-0.4, -0.2) is 31.1 Å². The number of nitrogens with zero attached hydrogens (tertiary/aromatic N) is 3. The number of halogens is 1. The summed E-state index contributed by atoms with van der Waals surface area (Å²) in [7, 11) is 0. The molecule has 0 spiro atoms. The monoisotopic (exact) mass is 416 g/mol. The average molecular weight is 417 g/mol. The Morgan fingerprint density at radius 1 is 1.03 bits per heavy atom. The summed E-state index contributed by atoms with van der Waals surface area (Å²) >= 11 is 6.10. The highest BCUT2D eigenvalue weighted by molar-refractivity contribution is 6.30. The average Bonchev–Trinajstić information content (AvgIpc) is 3.30. The van der Waals surface area contributed by atoms with E-state index in [1.54, 1.807) is 35.5 Å². The van der Waals surface area contributed by atoms with Gasteiger partial charge in [0.25, 0.3) is 5.91 Å². The van der Waals surface area contributed by atoms with Crippen LogP contribution in [0.15, 0.2) is 73.1 Å². The SMILES string of the molecule is O=C1c2[nH]nc(-c3ccccc3O)c2[C@H](c2ccc(Cl)cc2)N1Cc1ccncc1. The molecule has 0 unspecified atom stereocenters. The molecule has 2 aromatic carbocycles. The van der Waals surface area contributed by atoms with E-state index < -0.39 is 0 Å². The van der Waals surface area contributed by atoms with Gasteiger partial charge >= 0.3 is 0 Å². The lowest BCUT2D eigenvalue weighted by atomic mass is 9.95. The normalized spacial score (nSPS) is 15.4. The zero-order valence-corrected chi connectivity index (χ0v) is 16.5. The number of amides is 1. The van der Waals surface area contributed by atoms with Crippen LogP contribution in [-0.2, 0) is 6.54 Å². The number of para-hydroxylation sites is 1. The van der Waals surface area contributed by atoms with Crippen molar-refractivity contribution < 1.29 is 9.90 Å². The van der Waals surface area contributed by atoms with Gasteiger partial charge in [0.05, 0.1) is 6.04 Å². The van der Waals surface area contributed by atoms with Crippen molar-refractivity contribution in [2.75, 3.05) is 0 Å². The van der Waals surface area contributed by atoms with Gasteiger partial charge < -0.3 is 10.0 Å². The van der Waals surface area contributed by atoms with Crippen molar-refractivity contribution in [3.8, 4) is 17.0 Å². The van der Waals surface area contributed by atoms with Crippen molar-refractivity contribution in [3.05, 3.63) is 100 Å². The smallest absolute Gasteiger partial charge is 0.273 e. The second kappa shape index (κ2) is 7.31. The first-order chi connectivity index (χ1) is 14.6. The first-order valence-corrected chi connectivity index (χ1v) is 9.83. The fourth-order valence-electron chi connectivity index (χ4n) is 3.92. The number of phenolic OH excluding ortho intramolecular Hbond substituents is 1. The zero-order valence-electron chi connectivity index (χ0n) is 15.8. The largest absolute Gasteiger partial charge is 0.507 e. The van der Waals surface area contributed by atoms with E-state index in [0.717, 1.165) is 16.7 Å². The quantitative estimate of drug-likeness (QED) is 0.510. The van der Waals surface area contributed by atoms with Crippen molar-refractivity contribution in [2.45, 2.75) is 12.6 Å². The van der Waals surface area contributed by atoms with Gasteiger partial charge in [0.15, 0.2) is 0 Å². The fraction of sp³-hybridized carbons (Fsp3) is 0.0870. The predicted molar refractivity (Wildman–Crippen MR) is 113 cm³/mol. The highest BCUT2D eigenvalue weighted by Crippen LogP contribution is 2.45. The van der Waals surface area contributed by atoms with Crippen LogP contribution in [0.2, 0.25) is 5.02 Å². The number of aromatic hydroxyl groups is 1. The van der Waals surface area contributed by atoms with Crippen LogP contribution in [0.3, 0.4) is 0 Å². The van der Waals surface area contributed by atoms with E-state index in [1.807, 2.05) is 42.5 Å². The first kappa shape index (κ1) is 18.4. The van der Waals surface area contributed by atoms with Gasteiger partial charge in [-0.15, -0.1) is 0 Å². The molecule has 3 heterocycles. The Kier molecular flexibility index (Phi) is 4.48. The molecule has 1 aliphatic rings. The zero-order chi connectivity index (χ0) is 20.7.